The SMILES string of the molecule is O=C([O-])c1cccc(COc2cccc(C(=O)N3CCN(C(=O)Cc4cccnc4)CC3)c2)c1.[Na+]. The first-order chi connectivity index (χ1) is 16.5. The minimum absolute atomic E-state index is 0. The van der Waals surface area contributed by atoms with Crippen molar-refractivity contribution in [1.82, 2.24) is 14.8 Å². The van der Waals surface area contributed by atoms with Crippen LogP contribution in [0, 0.1) is 0 Å². The molecule has 4 rings (SSSR count). The van der Waals surface area contributed by atoms with Gasteiger partial charge in [0.25, 0.3) is 5.91 Å². The summed E-state index contributed by atoms with van der Waals surface area (Å²) in [5, 5.41) is 11.0. The fraction of sp³-hybridized carbons (Fsp3) is 0.231. The maximum Gasteiger partial charge on any atom is 1.00 e. The van der Waals surface area contributed by atoms with Crippen LogP contribution in [0.15, 0.2) is 73.1 Å². The molecule has 0 atom stereocenters. The Morgan fingerprint density at radius 3 is 2.26 bits per heavy atom. The van der Waals surface area contributed by atoms with Crippen LogP contribution in [0.5, 0.6) is 5.75 Å². The standard InChI is InChI=1S/C26H25N3O5.Na/c30-24(15-19-5-3-9-27-17-19)28-10-12-29(13-11-28)25(31)21-6-2-8-23(16-21)34-18-20-4-1-7-22(14-20)26(32)33;/h1-9,14,16-17H,10-13,15,18H2,(H,32,33);/q;+1/p-1. The Bertz CT molecular complexity index is 1180. The number of carboxylic acids is 1. The van der Waals surface area contributed by atoms with Gasteiger partial charge in [0.15, 0.2) is 0 Å². The second-order valence-electron chi connectivity index (χ2n) is 8.02. The predicted molar refractivity (Wildman–Crippen MR) is 122 cm³/mol. The van der Waals surface area contributed by atoms with Crippen molar-refractivity contribution in [3.63, 3.8) is 0 Å². The Hall–Kier alpha value is -3.20. The van der Waals surface area contributed by atoms with Crippen LogP contribution in [0.25, 0.3) is 0 Å². The molecule has 2 amide bonds. The van der Waals surface area contributed by atoms with Crippen LogP contribution in [0.3, 0.4) is 0 Å². The third-order valence-electron chi connectivity index (χ3n) is 5.65. The summed E-state index contributed by atoms with van der Waals surface area (Å²) in [5.41, 5.74) is 2.14. The monoisotopic (exact) mass is 481 g/mol. The molecule has 0 N–H and O–H groups in total. The van der Waals surface area contributed by atoms with E-state index in [-0.39, 0.29) is 53.5 Å². The Kier molecular flexibility index (Phi) is 9.42. The van der Waals surface area contributed by atoms with Gasteiger partial charge in [0, 0.05) is 44.1 Å². The van der Waals surface area contributed by atoms with Gasteiger partial charge in [0.1, 0.15) is 12.4 Å². The van der Waals surface area contributed by atoms with Crippen LogP contribution < -0.4 is 39.4 Å². The molecule has 1 saturated heterocycles. The molecule has 35 heavy (non-hydrogen) atoms. The number of hydrogen-bond donors (Lipinski definition) is 0. The number of pyridine rings is 1. The maximum absolute atomic E-state index is 13.0. The van der Waals surface area contributed by atoms with Gasteiger partial charge in [-0.25, -0.2) is 0 Å². The van der Waals surface area contributed by atoms with E-state index < -0.39 is 5.97 Å². The quantitative estimate of drug-likeness (QED) is 0.383. The Morgan fingerprint density at radius 1 is 0.857 bits per heavy atom. The molecule has 174 valence electrons. The molecule has 8 nitrogen and oxygen atoms in total. The normalized spacial score (nSPS) is 13.0. The van der Waals surface area contributed by atoms with Gasteiger partial charge in [-0.3, -0.25) is 14.6 Å². The average Bonchev–Trinajstić information content (AvgIpc) is 2.88. The summed E-state index contributed by atoms with van der Waals surface area (Å²) in [6.07, 6.45) is 3.66. The van der Waals surface area contributed by atoms with E-state index in [9.17, 15) is 19.5 Å². The van der Waals surface area contributed by atoms with Gasteiger partial charge in [-0.05, 0) is 47.0 Å². The Morgan fingerprint density at radius 2 is 1.54 bits per heavy atom. The van der Waals surface area contributed by atoms with Gasteiger partial charge in [-0.2, -0.15) is 0 Å². The van der Waals surface area contributed by atoms with Gasteiger partial charge >= 0.3 is 29.6 Å². The van der Waals surface area contributed by atoms with Crippen molar-refractivity contribution in [3.8, 4) is 5.75 Å². The molecular formula is C26H24N3NaO5. The molecule has 0 unspecified atom stereocenters. The molecule has 1 aromatic heterocycles. The zero-order valence-electron chi connectivity index (χ0n) is 19.6. The summed E-state index contributed by atoms with van der Waals surface area (Å²) < 4.78 is 5.77. The molecular weight excluding hydrogens is 457 g/mol. The number of benzene rings is 2. The maximum atomic E-state index is 13.0. The minimum atomic E-state index is -1.24. The van der Waals surface area contributed by atoms with Crippen molar-refractivity contribution >= 4 is 17.8 Å². The van der Waals surface area contributed by atoms with Gasteiger partial charge in [0.2, 0.25) is 5.91 Å². The number of carbonyl (C=O) groups is 3. The predicted octanol–water partition coefficient (Wildman–Crippen LogP) is -1.44. The summed E-state index contributed by atoms with van der Waals surface area (Å²) in [6.45, 7) is 2.04. The number of nitrogens with zero attached hydrogens (tertiary/aromatic N) is 3. The number of aromatic nitrogens is 1. The van der Waals surface area contributed by atoms with Crippen LogP contribution >= 0.6 is 0 Å². The number of ether oxygens (including phenoxy) is 1. The number of carboxylic acid groups (broad SMARTS) is 1. The first kappa shape index (κ1) is 26.4. The van der Waals surface area contributed by atoms with E-state index in [0.29, 0.717) is 49.5 Å². The van der Waals surface area contributed by atoms with Crippen molar-refractivity contribution < 1.29 is 53.8 Å². The van der Waals surface area contributed by atoms with E-state index in [2.05, 4.69) is 4.98 Å². The minimum Gasteiger partial charge on any atom is -0.545 e. The van der Waals surface area contributed by atoms with Crippen molar-refractivity contribution in [2.24, 2.45) is 0 Å². The first-order valence-electron chi connectivity index (χ1n) is 11.0. The number of hydrogen-bond acceptors (Lipinski definition) is 6. The van der Waals surface area contributed by atoms with Gasteiger partial charge < -0.3 is 24.4 Å². The largest absolute Gasteiger partial charge is 1.00 e. The second-order valence-corrected chi connectivity index (χ2v) is 8.02. The van der Waals surface area contributed by atoms with Crippen molar-refractivity contribution in [1.29, 1.82) is 0 Å². The molecule has 0 aliphatic carbocycles. The third-order valence-corrected chi connectivity index (χ3v) is 5.65. The summed E-state index contributed by atoms with van der Waals surface area (Å²) in [7, 11) is 0. The van der Waals surface area contributed by atoms with Crippen LogP contribution in [0.4, 0.5) is 0 Å². The number of carbonyl (C=O) groups excluding carboxylic acids is 3. The van der Waals surface area contributed by atoms with Crippen LogP contribution in [-0.4, -0.2) is 58.7 Å². The van der Waals surface area contributed by atoms with Crippen molar-refractivity contribution in [2.45, 2.75) is 13.0 Å². The summed E-state index contributed by atoms with van der Waals surface area (Å²) >= 11 is 0. The van der Waals surface area contributed by atoms with Gasteiger partial charge in [0.05, 0.1) is 12.4 Å². The summed E-state index contributed by atoms with van der Waals surface area (Å²) in [4.78, 5) is 44.1. The smallest absolute Gasteiger partial charge is 0.545 e. The molecule has 1 fully saturated rings. The van der Waals surface area contributed by atoms with Crippen molar-refractivity contribution in [3.05, 3.63) is 95.3 Å². The molecule has 1 aliphatic heterocycles. The number of aromatic carboxylic acids is 1. The van der Waals surface area contributed by atoms with Crippen molar-refractivity contribution in [2.75, 3.05) is 26.2 Å². The van der Waals surface area contributed by atoms with E-state index in [0.717, 1.165) is 5.56 Å². The molecule has 2 aromatic carbocycles. The Labute approximate surface area is 225 Å². The summed E-state index contributed by atoms with van der Waals surface area (Å²) in [6, 6.07) is 16.9. The zero-order valence-corrected chi connectivity index (χ0v) is 21.6. The van der Waals surface area contributed by atoms with Crippen LogP contribution in [0.1, 0.15) is 31.8 Å². The van der Waals surface area contributed by atoms with Crippen LogP contribution in [-0.2, 0) is 17.8 Å². The van der Waals surface area contributed by atoms with E-state index in [1.165, 1.54) is 12.1 Å². The molecule has 9 heteroatoms. The van der Waals surface area contributed by atoms with Crippen LogP contribution in [0.2, 0.25) is 0 Å². The fourth-order valence-electron chi connectivity index (χ4n) is 3.80. The number of amides is 2. The molecule has 0 saturated carbocycles. The number of rotatable bonds is 7. The molecule has 1 aliphatic rings. The first-order valence-corrected chi connectivity index (χ1v) is 11.0. The van der Waals surface area contributed by atoms with E-state index in [1.54, 1.807) is 58.6 Å². The molecule has 2 heterocycles. The van der Waals surface area contributed by atoms with E-state index in [1.807, 2.05) is 12.1 Å². The van der Waals surface area contributed by atoms with Gasteiger partial charge in [-0.15, -0.1) is 0 Å². The average molecular weight is 481 g/mol. The molecule has 3 aromatic rings. The molecule has 0 bridgehead atoms. The fourth-order valence-corrected chi connectivity index (χ4v) is 3.80. The third kappa shape index (κ3) is 7.14. The molecule has 0 radical (unpaired) electrons. The van der Waals surface area contributed by atoms with E-state index >= 15 is 0 Å². The Balaban J connectivity index is 0.00000342. The second kappa shape index (κ2) is 12.5. The topological polar surface area (TPSA) is 103 Å². The molecule has 0 spiro atoms. The zero-order chi connectivity index (χ0) is 23.9. The van der Waals surface area contributed by atoms with E-state index in [4.69, 9.17) is 4.74 Å². The number of piperazine rings is 1. The van der Waals surface area contributed by atoms with Gasteiger partial charge in [-0.1, -0.05) is 30.3 Å². The summed E-state index contributed by atoms with van der Waals surface area (Å²) in [5.74, 6) is -0.828.